The molecule has 0 bridgehead atoms. The molecule has 49 heavy (non-hydrogen) atoms. The first-order valence-electron chi connectivity index (χ1n) is 18.6. The number of ether oxygens (including phenoxy) is 1. The Labute approximate surface area is 328 Å². The van der Waals surface area contributed by atoms with Gasteiger partial charge in [-0.2, -0.15) is 0 Å². The van der Waals surface area contributed by atoms with Crippen LogP contribution in [0.3, 0.4) is 0 Å². The molecule has 0 aliphatic carbocycles. The van der Waals surface area contributed by atoms with Crippen LogP contribution in [0.15, 0.2) is 41.4 Å². The summed E-state index contributed by atoms with van der Waals surface area (Å²) in [7, 11) is -3.09. The van der Waals surface area contributed by atoms with E-state index < -0.39 is 24.2 Å². The van der Waals surface area contributed by atoms with Gasteiger partial charge in [0.15, 0.2) is 0 Å². The molecule has 0 aromatic heterocycles. The minimum Gasteiger partial charge on any atom is -0.679 e. The maximum absolute atomic E-state index is 5.41. The van der Waals surface area contributed by atoms with Gasteiger partial charge in [-0.15, -0.1) is 21.8 Å². The quantitative estimate of drug-likeness (QED) is 0.135. The maximum atomic E-state index is 5.41. The van der Waals surface area contributed by atoms with Crippen LogP contribution in [-0.2, 0) is 30.6 Å². The van der Waals surface area contributed by atoms with Gasteiger partial charge in [0.2, 0.25) is 0 Å². The topological polar surface area (TPSA) is 35.7 Å². The third kappa shape index (κ3) is 25.1. The molecule has 0 saturated carbocycles. The molecular weight excluding hydrogens is 678 g/mol. The second kappa shape index (κ2) is 23.9. The Morgan fingerprint density at radius 2 is 0.980 bits per heavy atom. The number of hydrogen-bond donors (Lipinski definition) is 0. The van der Waals surface area contributed by atoms with Gasteiger partial charge >= 0.3 is 25.8 Å². The Morgan fingerprint density at radius 3 is 1.24 bits per heavy atom. The molecule has 276 valence electrons. The Balaban J connectivity index is 0. The first kappa shape index (κ1) is 50.5. The van der Waals surface area contributed by atoms with E-state index in [1.165, 1.54) is 52.2 Å². The second-order valence-corrected chi connectivity index (χ2v) is 34.1. The van der Waals surface area contributed by atoms with E-state index in [-0.39, 0.29) is 25.8 Å². The number of para-hydroxylation sites is 2. The smallest absolute Gasteiger partial charge is 0.679 e. The Kier molecular flexibility index (Phi) is 24.6. The molecule has 1 heterocycles. The summed E-state index contributed by atoms with van der Waals surface area (Å²) in [6.45, 7) is 49.2. The van der Waals surface area contributed by atoms with Crippen molar-refractivity contribution in [2.75, 3.05) is 19.8 Å². The van der Waals surface area contributed by atoms with Crippen molar-refractivity contribution in [2.24, 2.45) is 4.99 Å². The molecule has 7 heteroatoms. The number of aliphatic imine (C=N–C) groups is 1. The SMILES string of the molecule is C1CCOC1.CC(C)c1cccc(C(C)C)c1N=C(C[N-]c1c(C(C)C)cccc1C(C)C)C[Si](C)(C)C.[CH2-][Si](C)(C)C.[CH2-][Si](C)(C)C.[Sc+3]. The van der Waals surface area contributed by atoms with Crippen molar-refractivity contribution in [1.29, 1.82) is 0 Å². The van der Waals surface area contributed by atoms with Crippen LogP contribution in [0.25, 0.3) is 5.32 Å². The summed E-state index contributed by atoms with van der Waals surface area (Å²) in [5.74, 6) is 1.80. The first-order valence-corrected chi connectivity index (χ1v) is 29.7. The van der Waals surface area contributed by atoms with E-state index in [4.69, 9.17) is 15.0 Å². The van der Waals surface area contributed by atoms with Crippen LogP contribution in [0.4, 0.5) is 11.4 Å². The van der Waals surface area contributed by atoms with Crippen LogP contribution in [-0.4, -0.2) is 49.7 Å². The van der Waals surface area contributed by atoms with Crippen LogP contribution in [0.1, 0.15) is 114 Å². The van der Waals surface area contributed by atoms with Crippen LogP contribution < -0.4 is 0 Å². The molecule has 2 aromatic rings. The standard InChI is InChI=1S/C30H47N2Si.C4H8O.2C4H11Si.Sc/c1-20(2)25-14-12-15-26(21(3)4)29(25)31-18-24(19-33(9,10)11)32-30-27(22(5)6)16-13-17-28(30)23(7)8;1-2-4-5-3-1;2*1-5(2,3)4;/h12-17,20-23H,18-19H2,1-11H3;1-4H2;2*1H2,2-4H3;/q-1;;2*-1;+3. The van der Waals surface area contributed by atoms with E-state index in [1.807, 2.05) is 0 Å². The Hall–Kier alpha value is -0.609. The van der Waals surface area contributed by atoms with Gasteiger partial charge in [0.1, 0.15) is 0 Å². The van der Waals surface area contributed by atoms with E-state index in [9.17, 15) is 0 Å². The molecule has 0 unspecified atom stereocenters. The van der Waals surface area contributed by atoms with Crippen molar-refractivity contribution in [3.63, 3.8) is 0 Å². The van der Waals surface area contributed by atoms with Gasteiger partial charge in [-0.25, -0.2) is 0 Å². The van der Waals surface area contributed by atoms with Crippen molar-refractivity contribution in [3.05, 3.63) is 77.1 Å². The van der Waals surface area contributed by atoms with E-state index in [2.05, 4.69) is 164 Å². The number of nitrogens with zero attached hydrogens (tertiary/aromatic N) is 2. The summed E-state index contributed by atoms with van der Waals surface area (Å²) in [5, 5.41) is 5.27. The molecule has 0 amide bonds. The van der Waals surface area contributed by atoms with Gasteiger partial charge in [-0.1, -0.05) is 168 Å². The molecule has 1 aliphatic heterocycles. The summed E-state index contributed by atoms with van der Waals surface area (Å²) < 4.78 is 4.94. The van der Waals surface area contributed by atoms with Crippen molar-refractivity contribution < 1.29 is 30.6 Å². The largest absolute Gasteiger partial charge is 3.00 e. The summed E-state index contributed by atoms with van der Waals surface area (Å²) in [4.78, 5) is 5.41. The predicted octanol–water partition coefficient (Wildman–Crippen LogP) is 14.5. The van der Waals surface area contributed by atoms with E-state index >= 15 is 0 Å². The fourth-order valence-electron chi connectivity index (χ4n) is 4.92. The Bertz CT molecular complexity index is 1130. The molecule has 1 fully saturated rings. The average molecular weight is 755 g/mol. The van der Waals surface area contributed by atoms with Crippen molar-refractivity contribution in [3.8, 4) is 0 Å². The fourth-order valence-corrected chi connectivity index (χ4v) is 6.33. The maximum Gasteiger partial charge on any atom is 3.00 e. The molecule has 3 nitrogen and oxygen atoms in total. The van der Waals surface area contributed by atoms with Crippen molar-refractivity contribution in [1.82, 2.24) is 0 Å². The molecule has 0 N–H and O–H groups in total. The second-order valence-electron chi connectivity index (χ2n) is 18.4. The van der Waals surface area contributed by atoms with Gasteiger partial charge in [-0.3, -0.25) is 4.99 Å². The van der Waals surface area contributed by atoms with Gasteiger partial charge < -0.3 is 23.1 Å². The van der Waals surface area contributed by atoms with Crippen LogP contribution in [0.5, 0.6) is 0 Å². The summed E-state index contributed by atoms with van der Waals surface area (Å²) in [6, 6.07) is 14.5. The van der Waals surface area contributed by atoms with Crippen LogP contribution in [0, 0.1) is 13.1 Å². The first-order chi connectivity index (χ1) is 21.8. The summed E-state index contributed by atoms with van der Waals surface area (Å²) in [6.07, 6.45) is 2.56. The summed E-state index contributed by atoms with van der Waals surface area (Å²) >= 11 is 0. The third-order valence-electron chi connectivity index (χ3n) is 6.94. The van der Waals surface area contributed by atoms with Crippen LogP contribution in [0.2, 0.25) is 65.0 Å². The predicted molar refractivity (Wildman–Crippen MR) is 230 cm³/mol. The zero-order chi connectivity index (χ0) is 37.5. The third-order valence-corrected chi connectivity index (χ3v) is 8.41. The van der Waals surface area contributed by atoms with Crippen molar-refractivity contribution >= 4 is 41.3 Å². The molecule has 0 spiro atoms. The van der Waals surface area contributed by atoms with E-state index in [0.29, 0.717) is 30.2 Å². The number of hydrogen-bond acceptors (Lipinski definition) is 2. The fraction of sp³-hybridized carbons (Fsp3) is 0.643. The molecule has 0 atom stereocenters. The molecular formula is C42H77N2OScSi3. The number of rotatable bonds is 10. The van der Waals surface area contributed by atoms with E-state index in [0.717, 1.165) is 19.3 Å². The molecule has 1 aliphatic rings. The molecule has 2 aromatic carbocycles. The Morgan fingerprint density at radius 1 is 0.653 bits per heavy atom. The molecule has 3 rings (SSSR count). The minimum absolute atomic E-state index is 0. The zero-order valence-electron chi connectivity index (χ0n) is 35.3. The average Bonchev–Trinajstić information content (AvgIpc) is 3.49. The van der Waals surface area contributed by atoms with Gasteiger partial charge in [0, 0.05) is 13.2 Å². The molecule has 0 radical (unpaired) electrons. The monoisotopic (exact) mass is 754 g/mol. The van der Waals surface area contributed by atoms with E-state index in [1.54, 1.807) is 0 Å². The molecule has 1 saturated heterocycles. The van der Waals surface area contributed by atoms with Gasteiger partial charge in [-0.05, 0) is 59.4 Å². The zero-order valence-corrected chi connectivity index (χ0v) is 40.1. The van der Waals surface area contributed by atoms with Crippen LogP contribution >= 0.6 is 0 Å². The minimum atomic E-state index is -1.36. The van der Waals surface area contributed by atoms with Crippen molar-refractivity contribution in [2.45, 2.75) is 157 Å². The summed E-state index contributed by atoms with van der Waals surface area (Å²) in [5.41, 5.74) is 8.99. The normalized spacial score (nSPS) is 13.7. The van der Waals surface area contributed by atoms with Gasteiger partial charge in [0.05, 0.1) is 13.8 Å². The number of benzene rings is 2. The van der Waals surface area contributed by atoms with Gasteiger partial charge in [0.25, 0.3) is 0 Å².